The van der Waals surface area contributed by atoms with Crippen LogP contribution in [0.2, 0.25) is 0 Å². The minimum atomic E-state index is 0.363. The molecule has 0 unspecified atom stereocenters. The van der Waals surface area contributed by atoms with Crippen molar-refractivity contribution in [1.82, 2.24) is 0 Å². The summed E-state index contributed by atoms with van der Waals surface area (Å²) in [6.45, 7) is 4.53. The van der Waals surface area contributed by atoms with Gasteiger partial charge < -0.3 is 5.11 Å². The van der Waals surface area contributed by atoms with Gasteiger partial charge in [-0.1, -0.05) is 51.7 Å². The molecule has 0 aliphatic carbocycles. The lowest BCUT2D eigenvalue weighted by Crippen LogP contribution is -2.01. The minimum Gasteiger partial charge on any atom is -0.508 e. The lowest BCUT2D eigenvalue weighted by molar-refractivity contribution is 0.411. The highest BCUT2D eigenvalue weighted by Crippen LogP contribution is 2.20. The predicted molar refractivity (Wildman–Crippen MR) is 69.7 cm³/mol. The fraction of sp³-hybridized carbons (Fsp3) is 0.600. The number of rotatable bonds is 7. The second kappa shape index (κ2) is 7.32. The van der Waals surface area contributed by atoms with Crippen LogP contribution in [-0.4, -0.2) is 5.11 Å². The zero-order valence-corrected chi connectivity index (χ0v) is 10.6. The van der Waals surface area contributed by atoms with Crippen LogP contribution in [0.4, 0.5) is 0 Å². The number of phenolic OH excluding ortho intramolecular Hbond substituents is 1. The number of benzene rings is 1. The minimum absolute atomic E-state index is 0.363. The fourth-order valence-corrected chi connectivity index (χ4v) is 2.28. The monoisotopic (exact) mass is 220 g/mol. The van der Waals surface area contributed by atoms with Gasteiger partial charge in [0, 0.05) is 0 Å². The van der Waals surface area contributed by atoms with Crippen LogP contribution in [0.3, 0.4) is 0 Å². The summed E-state index contributed by atoms with van der Waals surface area (Å²) in [6, 6.07) is 7.63. The zero-order valence-electron chi connectivity index (χ0n) is 10.6. The van der Waals surface area contributed by atoms with Crippen molar-refractivity contribution >= 4 is 0 Å². The smallest absolute Gasteiger partial charge is 0.115 e. The molecule has 16 heavy (non-hydrogen) atoms. The molecule has 90 valence electrons. The first kappa shape index (κ1) is 13.1. The molecule has 0 spiro atoms. The Morgan fingerprint density at radius 3 is 2.00 bits per heavy atom. The van der Waals surface area contributed by atoms with Crippen molar-refractivity contribution < 1.29 is 5.11 Å². The second-order valence-electron chi connectivity index (χ2n) is 4.65. The Hall–Kier alpha value is -0.980. The summed E-state index contributed by atoms with van der Waals surface area (Å²) in [5.41, 5.74) is 1.34. The van der Waals surface area contributed by atoms with E-state index in [1.54, 1.807) is 12.1 Å². The summed E-state index contributed by atoms with van der Waals surface area (Å²) < 4.78 is 0. The van der Waals surface area contributed by atoms with Crippen molar-refractivity contribution in [2.75, 3.05) is 0 Å². The molecule has 0 radical (unpaired) electrons. The van der Waals surface area contributed by atoms with E-state index in [-0.39, 0.29) is 0 Å². The Kier molecular flexibility index (Phi) is 5.99. The normalized spacial score (nSPS) is 10.9. The molecule has 1 aromatic carbocycles. The Morgan fingerprint density at radius 2 is 1.50 bits per heavy atom. The maximum absolute atomic E-state index is 9.20. The molecule has 1 nitrogen and oxygen atoms in total. The van der Waals surface area contributed by atoms with Gasteiger partial charge in [0.25, 0.3) is 0 Å². The van der Waals surface area contributed by atoms with E-state index in [0.717, 1.165) is 12.3 Å². The van der Waals surface area contributed by atoms with Crippen LogP contribution < -0.4 is 0 Å². The molecular weight excluding hydrogens is 196 g/mol. The van der Waals surface area contributed by atoms with Gasteiger partial charge in [-0.15, -0.1) is 0 Å². The Labute approximate surface area is 99.5 Å². The van der Waals surface area contributed by atoms with Gasteiger partial charge in [-0.3, -0.25) is 0 Å². The Balaban J connectivity index is 2.38. The summed E-state index contributed by atoms with van der Waals surface area (Å²) in [5.74, 6) is 1.24. The van der Waals surface area contributed by atoms with Crippen LogP contribution in [0, 0.1) is 5.92 Å². The highest BCUT2D eigenvalue weighted by Gasteiger charge is 2.06. The molecule has 0 saturated heterocycles. The summed E-state index contributed by atoms with van der Waals surface area (Å²) in [4.78, 5) is 0. The molecule has 1 rings (SSSR count). The SMILES string of the molecule is CCCC(CCC)CCc1ccc(O)cc1. The predicted octanol–water partition coefficient (Wildman–Crippen LogP) is 4.54. The van der Waals surface area contributed by atoms with Crippen LogP contribution in [0.1, 0.15) is 51.5 Å². The van der Waals surface area contributed by atoms with Crippen LogP contribution in [0.5, 0.6) is 5.75 Å². The average Bonchev–Trinajstić information content (AvgIpc) is 2.29. The molecule has 0 heterocycles. The van der Waals surface area contributed by atoms with Crippen molar-refractivity contribution in [3.05, 3.63) is 29.8 Å². The molecule has 0 fully saturated rings. The van der Waals surface area contributed by atoms with Gasteiger partial charge in [0.2, 0.25) is 0 Å². The second-order valence-corrected chi connectivity index (χ2v) is 4.65. The number of aryl methyl sites for hydroxylation is 1. The molecular formula is C15H24O. The third kappa shape index (κ3) is 4.69. The third-order valence-corrected chi connectivity index (χ3v) is 3.17. The van der Waals surface area contributed by atoms with E-state index in [2.05, 4.69) is 13.8 Å². The van der Waals surface area contributed by atoms with Gasteiger partial charge in [-0.05, 0) is 36.5 Å². The number of aromatic hydroxyl groups is 1. The first-order valence-corrected chi connectivity index (χ1v) is 6.54. The van der Waals surface area contributed by atoms with Gasteiger partial charge in [-0.2, -0.15) is 0 Å². The number of hydrogen-bond donors (Lipinski definition) is 1. The quantitative estimate of drug-likeness (QED) is 0.715. The number of hydrogen-bond acceptors (Lipinski definition) is 1. The van der Waals surface area contributed by atoms with Crippen LogP contribution in [0.25, 0.3) is 0 Å². The Morgan fingerprint density at radius 1 is 0.938 bits per heavy atom. The molecule has 1 aromatic rings. The molecule has 0 aromatic heterocycles. The molecule has 0 aliphatic rings. The van der Waals surface area contributed by atoms with Crippen LogP contribution in [-0.2, 0) is 6.42 Å². The average molecular weight is 220 g/mol. The van der Waals surface area contributed by atoms with Crippen LogP contribution in [0.15, 0.2) is 24.3 Å². The van der Waals surface area contributed by atoms with Gasteiger partial charge in [0.05, 0.1) is 0 Å². The van der Waals surface area contributed by atoms with Gasteiger partial charge in [0.15, 0.2) is 0 Å². The topological polar surface area (TPSA) is 20.2 Å². The van der Waals surface area contributed by atoms with Gasteiger partial charge in [0.1, 0.15) is 5.75 Å². The first-order valence-electron chi connectivity index (χ1n) is 6.54. The summed E-state index contributed by atoms with van der Waals surface area (Å²) >= 11 is 0. The summed E-state index contributed by atoms with van der Waals surface area (Å²) in [7, 11) is 0. The first-order chi connectivity index (χ1) is 7.76. The van der Waals surface area contributed by atoms with Crippen molar-refractivity contribution in [3.8, 4) is 5.75 Å². The van der Waals surface area contributed by atoms with E-state index in [1.807, 2.05) is 12.1 Å². The number of phenols is 1. The largest absolute Gasteiger partial charge is 0.508 e. The van der Waals surface area contributed by atoms with Crippen molar-refractivity contribution in [2.45, 2.75) is 52.4 Å². The molecule has 0 amide bonds. The van der Waals surface area contributed by atoms with E-state index in [4.69, 9.17) is 0 Å². The van der Waals surface area contributed by atoms with Gasteiger partial charge in [-0.25, -0.2) is 0 Å². The highest BCUT2D eigenvalue weighted by atomic mass is 16.3. The van der Waals surface area contributed by atoms with E-state index < -0.39 is 0 Å². The van der Waals surface area contributed by atoms with E-state index in [1.165, 1.54) is 37.7 Å². The fourth-order valence-electron chi connectivity index (χ4n) is 2.28. The molecule has 0 aliphatic heterocycles. The molecule has 0 bridgehead atoms. The molecule has 0 atom stereocenters. The van der Waals surface area contributed by atoms with Crippen molar-refractivity contribution in [3.63, 3.8) is 0 Å². The third-order valence-electron chi connectivity index (χ3n) is 3.17. The summed E-state index contributed by atoms with van der Waals surface area (Å²) in [5, 5.41) is 9.20. The molecule has 0 saturated carbocycles. The van der Waals surface area contributed by atoms with Crippen molar-refractivity contribution in [2.24, 2.45) is 5.92 Å². The summed E-state index contributed by atoms with van der Waals surface area (Å²) in [6.07, 6.45) is 7.72. The standard InChI is InChI=1S/C15H24O/c1-3-5-13(6-4-2)7-8-14-9-11-15(16)12-10-14/h9-13,16H,3-8H2,1-2H3. The van der Waals surface area contributed by atoms with Crippen molar-refractivity contribution in [1.29, 1.82) is 0 Å². The van der Waals surface area contributed by atoms with E-state index in [0.29, 0.717) is 5.75 Å². The van der Waals surface area contributed by atoms with Crippen LogP contribution >= 0.6 is 0 Å². The lowest BCUT2D eigenvalue weighted by Gasteiger charge is -2.14. The lowest BCUT2D eigenvalue weighted by atomic mass is 9.91. The van der Waals surface area contributed by atoms with E-state index in [9.17, 15) is 5.11 Å². The highest BCUT2D eigenvalue weighted by molar-refractivity contribution is 5.25. The Bertz CT molecular complexity index is 270. The van der Waals surface area contributed by atoms with E-state index >= 15 is 0 Å². The molecule has 1 N–H and O–H groups in total. The molecule has 1 heteroatoms. The van der Waals surface area contributed by atoms with Gasteiger partial charge >= 0.3 is 0 Å². The zero-order chi connectivity index (χ0) is 11.8. The maximum atomic E-state index is 9.20. The maximum Gasteiger partial charge on any atom is 0.115 e.